The van der Waals surface area contributed by atoms with E-state index in [9.17, 15) is 0 Å². The summed E-state index contributed by atoms with van der Waals surface area (Å²) in [6.07, 6.45) is 6.90. The van der Waals surface area contributed by atoms with Crippen molar-refractivity contribution in [3.05, 3.63) is 18.0 Å². The SMILES string of the molecule is NC1(Cn2nccc2C2CC2)CC1. The van der Waals surface area contributed by atoms with Crippen LogP contribution in [0.15, 0.2) is 12.3 Å². The first-order chi connectivity index (χ1) is 6.27. The smallest absolute Gasteiger partial charge is 0.0592 e. The number of aromatic nitrogens is 2. The molecule has 2 aliphatic carbocycles. The molecule has 0 radical (unpaired) electrons. The molecule has 70 valence electrons. The van der Waals surface area contributed by atoms with E-state index in [-0.39, 0.29) is 5.54 Å². The van der Waals surface area contributed by atoms with E-state index >= 15 is 0 Å². The minimum absolute atomic E-state index is 0.0790. The largest absolute Gasteiger partial charge is 0.324 e. The first kappa shape index (κ1) is 7.56. The topological polar surface area (TPSA) is 43.8 Å². The van der Waals surface area contributed by atoms with Crippen molar-refractivity contribution >= 4 is 0 Å². The van der Waals surface area contributed by atoms with Gasteiger partial charge in [0.1, 0.15) is 0 Å². The molecule has 0 aromatic carbocycles. The minimum Gasteiger partial charge on any atom is -0.324 e. The van der Waals surface area contributed by atoms with Gasteiger partial charge in [-0.25, -0.2) is 0 Å². The van der Waals surface area contributed by atoms with Gasteiger partial charge in [-0.3, -0.25) is 4.68 Å². The quantitative estimate of drug-likeness (QED) is 0.755. The molecule has 2 saturated carbocycles. The van der Waals surface area contributed by atoms with Crippen LogP contribution in [0.1, 0.15) is 37.3 Å². The first-order valence-corrected chi connectivity index (χ1v) is 5.07. The van der Waals surface area contributed by atoms with Gasteiger partial charge < -0.3 is 5.73 Å². The van der Waals surface area contributed by atoms with E-state index in [1.54, 1.807) is 0 Å². The summed E-state index contributed by atoms with van der Waals surface area (Å²) in [7, 11) is 0. The van der Waals surface area contributed by atoms with Crippen LogP contribution < -0.4 is 5.73 Å². The molecular weight excluding hydrogens is 162 g/mol. The molecular formula is C10H15N3. The van der Waals surface area contributed by atoms with Crippen LogP contribution in [0.3, 0.4) is 0 Å². The maximum Gasteiger partial charge on any atom is 0.0592 e. The van der Waals surface area contributed by atoms with Crippen LogP contribution in [0.2, 0.25) is 0 Å². The average molecular weight is 177 g/mol. The molecule has 13 heavy (non-hydrogen) atoms. The second-order valence-electron chi connectivity index (χ2n) is 4.55. The minimum atomic E-state index is 0.0790. The van der Waals surface area contributed by atoms with Crippen molar-refractivity contribution in [1.29, 1.82) is 0 Å². The Balaban J connectivity index is 1.82. The van der Waals surface area contributed by atoms with Crippen LogP contribution in [-0.2, 0) is 6.54 Å². The third kappa shape index (κ3) is 1.37. The van der Waals surface area contributed by atoms with Crippen molar-refractivity contribution in [2.75, 3.05) is 0 Å². The molecule has 1 aromatic heterocycles. The maximum absolute atomic E-state index is 6.07. The van der Waals surface area contributed by atoms with Crippen molar-refractivity contribution in [3.8, 4) is 0 Å². The summed E-state index contributed by atoms with van der Waals surface area (Å²) < 4.78 is 2.12. The van der Waals surface area contributed by atoms with E-state index in [2.05, 4.69) is 15.8 Å². The van der Waals surface area contributed by atoms with Crippen molar-refractivity contribution in [2.45, 2.75) is 43.7 Å². The van der Waals surface area contributed by atoms with Gasteiger partial charge >= 0.3 is 0 Å². The highest BCUT2D eigenvalue weighted by Crippen LogP contribution is 2.41. The predicted octanol–water partition coefficient (Wildman–Crippen LogP) is 1.25. The number of nitrogens with two attached hydrogens (primary N) is 1. The molecule has 2 N–H and O–H groups in total. The molecule has 0 unspecified atom stereocenters. The van der Waals surface area contributed by atoms with Crippen molar-refractivity contribution in [2.24, 2.45) is 5.73 Å². The van der Waals surface area contributed by atoms with Gasteiger partial charge in [-0.05, 0) is 31.7 Å². The lowest BCUT2D eigenvalue weighted by atomic mass is 10.2. The average Bonchev–Trinajstić information content (AvgIpc) is 2.99. The third-order valence-corrected chi connectivity index (χ3v) is 3.10. The standard InChI is InChI=1S/C10H15N3/c11-10(4-5-10)7-13-9(3-6-12-13)8-1-2-8/h3,6,8H,1-2,4-5,7,11H2. The highest BCUT2D eigenvalue weighted by atomic mass is 15.3. The molecule has 3 nitrogen and oxygen atoms in total. The lowest BCUT2D eigenvalue weighted by molar-refractivity contribution is 0.484. The van der Waals surface area contributed by atoms with Gasteiger partial charge in [-0.15, -0.1) is 0 Å². The van der Waals surface area contributed by atoms with E-state index in [0.29, 0.717) is 0 Å². The van der Waals surface area contributed by atoms with E-state index in [1.165, 1.54) is 18.5 Å². The zero-order chi connectivity index (χ0) is 8.89. The van der Waals surface area contributed by atoms with Crippen molar-refractivity contribution in [1.82, 2.24) is 9.78 Å². The van der Waals surface area contributed by atoms with Gasteiger partial charge in [-0.1, -0.05) is 0 Å². The molecule has 2 aliphatic rings. The monoisotopic (exact) mass is 177 g/mol. The third-order valence-electron chi connectivity index (χ3n) is 3.10. The summed E-state index contributed by atoms with van der Waals surface area (Å²) in [5, 5.41) is 4.34. The Kier molecular flexibility index (Phi) is 1.37. The lowest BCUT2D eigenvalue weighted by Gasteiger charge is -2.11. The second-order valence-corrected chi connectivity index (χ2v) is 4.55. The zero-order valence-corrected chi connectivity index (χ0v) is 7.74. The van der Waals surface area contributed by atoms with Crippen molar-refractivity contribution in [3.63, 3.8) is 0 Å². The molecule has 0 atom stereocenters. The molecule has 0 bridgehead atoms. The summed E-state index contributed by atoms with van der Waals surface area (Å²) >= 11 is 0. The Morgan fingerprint density at radius 3 is 2.92 bits per heavy atom. The first-order valence-electron chi connectivity index (χ1n) is 5.07. The summed E-state index contributed by atoms with van der Waals surface area (Å²) in [6, 6.07) is 2.14. The Labute approximate surface area is 77.9 Å². The van der Waals surface area contributed by atoms with Gasteiger partial charge in [0.2, 0.25) is 0 Å². The fourth-order valence-corrected chi connectivity index (χ4v) is 1.82. The van der Waals surface area contributed by atoms with E-state index in [0.717, 1.165) is 25.3 Å². The number of hydrogen-bond donors (Lipinski definition) is 1. The van der Waals surface area contributed by atoms with Gasteiger partial charge in [-0.2, -0.15) is 5.10 Å². The molecule has 0 aliphatic heterocycles. The van der Waals surface area contributed by atoms with E-state index in [4.69, 9.17) is 5.73 Å². The highest BCUT2D eigenvalue weighted by Gasteiger charge is 2.40. The van der Waals surface area contributed by atoms with Crippen LogP contribution >= 0.6 is 0 Å². The predicted molar refractivity (Wildman–Crippen MR) is 50.4 cm³/mol. The number of rotatable bonds is 3. The fraction of sp³-hybridized carbons (Fsp3) is 0.700. The van der Waals surface area contributed by atoms with Gasteiger partial charge in [0.15, 0.2) is 0 Å². The van der Waals surface area contributed by atoms with Crippen LogP contribution in [-0.4, -0.2) is 15.3 Å². The Morgan fingerprint density at radius 2 is 2.31 bits per heavy atom. The number of hydrogen-bond acceptors (Lipinski definition) is 2. The second kappa shape index (κ2) is 2.35. The number of nitrogens with zero attached hydrogens (tertiary/aromatic N) is 2. The Morgan fingerprint density at radius 1 is 1.54 bits per heavy atom. The molecule has 0 amide bonds. The van der Waals surface area contributed by atoms with Gasteiger partial charge in [0.25, 0.3) is 0 Å². The normalized spacial score (nSPS) is 24.7. The van der Waals surface area contributed by atoms with Crippen LogP contribution in [0.5, 0.6) is 0 Å². The van der Waals surface area contributed by atoms with E-state index < -0.39 is 0 Å². The van der Waals surface area contributed by atoms with Crippen LogP contribution in [0, 0.1) is 0 Å². The molecule has 0 spiro atoms. The fourth-order valence-electron chi connectivity index (χ4n) is 1.82. The van der Waals surface area contributed by atoms with Crippen LogP contribution in [0.25, 0.3) is 0 Å². The summed E-state index contributed by atoms with van der Waals surface area (Å²) in [6.45, 7) is 0.922. The van der Waals surface area contributed by atoms with Gasteiger partial charge in [0, 0.05) is 23.3 Å². The molecule has 3 heteroatoms. The van der Waals surface area contributed by atoms with E-state index in [1.807, 2.05) is 6.20 Å². The molecule has 0 saturated heterocycles. The summed E-state index contributed by atoms with van der Waals surface area (Å²) in [4.78, 5) is 0. The molecule has 3 rings (SSSR count). The maximum atomic E-state index is 6.07. The molecule has 1 heterocycles. The summed E-state index contributed by atoms with van der Waals surface area (Å²) in [5.74, 6) is 0.782. The Bertz CT molecular complexity index is 321. The Hall–Kier alpha value is -0.830. The molecule has 2 fully saturated rings. The highest BCUT2D eigenvalue weighted by molar-refractivity contribution is 5.15. The van der Waals surface area contributed by atoms with Crippen LogP contribution in [0.4, 0.5) is 0 Å². The molecule has 1 aromatic rings. The zero-order valence-electron chi connectivity index (χ0n) is 7.74. The van der Waals surface area contributed by atoms with Crippen molar-refractivity contribution < 1.29 is 0 Å². The van der Waals surface area contributed by atoms with Gasteiger partial charge in [0.05, 0.1) is 6.54 Å². The summed E-state index contributed by atoms with van der Waals surface area (Å²) in [5.41, 5.74) is 7.55. The lowest BCUT2D eigenvalue weighted by Crippen LogP contribution is -2.29.